The zero-order valence-electron chi connectivity index (χ0n) is 27.6. The molecule has 1 fully saturated rings. The molecule has 3 aromatic carbocycles. The van der Waals surface area contributed by atoms with Crippen LogP contribution in [0.15, 0.2) is 60.7 Å². The van der Waals surface area contributed by atoms with Crippen molar-refractivity contribution in [1.29, 1.82) is 0 Å². The number of benzene rings is 3. The minimum Gasteiger partial charge on any atom is -0.482 e. The van der Waals surface area contributed by atoms with Gasteiger partial charge in [-0.25, -0.2) is 4.79 Å². The largest absolute Gasteiger partial charge is 0.490 e. The first-order valence-corrected chi connectivity index (χ1v) is 16.5. The third kappa shape index (κ3) is 9.84. The maximum atomic E-state index is 13.5. The summed E-state index contributed by atoms with van der Waals surface area (Å²) in [5.74, 6) is -2.62. The second-order valence-electron chi connectivity index (χ2n) is 12.5. The second kappa shape index (κ2) is 16.1. The molecule has 270 valence electrons. The monoisotopic (exact) mass is 709 g/mol. The van der Waals surface area contributed by atoms with Crippen molar-refractivity contribution in [2.45, 2.75) is 63.8 Å². The van der Waals surface area contributed by atoms with Gasteiger partial charge in [0, 0.05) is 48.9 Å². The van der Waals surface area contributed by atoms with Gasteiger partial charge in [0.05, 0.1) is 5.69 Å². The quantitative estimate of drug-likeness (QED) is 0.219. The summed E-state index contributed by atoms with van der Waals surface area (Å²) in [5, 5.41) is 12.9. The molecule has 15 heteroatoms. The zero-order chi connectivity index (χ0) is 36.7. The van der Waals surface area contributed by atoms with Gasteiger partial charge in [-0.3, -0.25) is 19.2 Å². The average molecular weight is 710 g/mol. The van der Waals surface area contributed by atoms with E-state index in [1.165, 1.54) is 0 Å². The van der Waals surface area contributed by atoms with Crippen molar-refractivity contribution in [3.63, 3.8) is 0 Å². The number of hydrogen-bond acceptors (Lipinski definition) is 7. The maximum Gasteiger partial charge on any atom is 0.490 e. The fourth-order valence-corrected chi connectivity index (χ4v) is 5.71. The number of nitrogens with two attached hydrogens (primary N) is 1. The van der Waals surface area contributed by atoms with Crippen molar-refractivity contribution in [3.8, 4) is 5.75 Å². The standard InChI is InChI=1S/C34H37N5O5.C2HF3O2/c35-15-2-1-3-32(41)38-16-14-24-17-27(10-8-26(24)20-38)36-33(42)23-6-4-22(5-7-23)19-39(28-11-12-28)34(43)25-9-13-29-30(18-25)44-21-31(40)37-29;3-2(4,5)1(6)7/h4-10,13,17-18,28H,1-3,11-12,14-16,19-21,35H2,(H,36,42)(H,37,40);(H,6,7). The average Bonchev–Trinajstić information content (AvgIpc) is 3.95. The van der Waals surface area contributed by atoms with Crippen molar-refractivity contribution in [2.75, 3.05) is 30.3 Å². The highest BCUT2D eigenvalue weighted by Crippen LogP contribution is 2.33. The summed E-state index contributed by atoms with van der Waals surface area (Å²) < 4.78 is 37.2. The Bertz CT molecular complexity index is 1790. The molecule has 0 spiro atoms. The van der Waals surface area contributed by atoms with Crippen LogP contribution in [0.1, 0.15) is 69.5 Å². The minimum absolute atomic E-state index is 0.0689. The van der Waals surface area contributed by atoms with Crippen molar-refractivity contribution < 1.29 is 47.0 Å². The molecule has 1 aliphatic carbocycles. The highest BCUT2D eigenvalue weighted by molar-refractivity contribution is 6.04. The number of hydrogen-bond donors (Lipinski definition) is 4. The number of carboxylic acids is 1. The number of carbonyl (C=O) groups is 5. The first kappa shape index (κ1) is 36.8. The Balaban J connectivity index is 0.000000654. The van der Waals surface area contributed by atoms with Crippen LogP contribution in [0.3, 0.4) is 0 Å². The number of halogens is 3. The van der Waals surface area contributed by atoms with Gasteiger partial charge < -0.3 is 36.0 Å². The number of nitrogens with one attached hydrogen (secondary N) is 2. The third-order valence-corrected chi connectivity index (χ3v) is 8.60. The first-order valence-electron chi connectivity index (χ1n) is 16.5. The number of rotatable bonds is 10. The molecule has 4 amide bonds. The molecule has 2 heterocycles. The van der Waals surface area contributed by atoms with Gasteiger partial charge in [-0.05, 0) is 97.8 Å². The molecule has 6 rings (SSSR count). The topological polar surface area (TPSA) is 171 Å². The molecule has 3 aliphatic rings. The van der Waals surface area contributed by atoms with Gasteiger partial charge in [-0.15, -0.1) is 0 Å². The number of unbranched alkanes of at least 4 members (excludes halogenated alkanes) is 1. The van der Waals surface area contributed by atoms with Crippen LogP contribution in [0.5, 0.6) is 5.75 Å². The predicted octanol–water partition coefficient (Wildman–Crippen LogP) is 4.72. The van der Waals surface area contributed by atoms with E-state index in [0.717, 1.165) is 54.5 Å². The maximum absolute atomic E-state index is 13.5. The number of alkyl halides is 3. The van der Waals surface area contributed by atoms with Gasteiger partial charge in [0.15, 0.2) is 6.61 Å². The van der Waals surface area contributed by atoms with Gasteiger partial charge in [-0.2, -0.15) is 13.2 Å². The molecule has 1 saturated carbocycles. The normalized spacial score (nSPS) is 14.8. The van der Waals surface area contributed by atoms with Crippen LogP contribution in [0.4, 0.5) is 24.5 Å². The molecule has 0 aromatic heterocycles. The van der Waals surface area contributed by atoms with Crippen LogP contribution in [0, 0.1) is 0 Å². The van der Waals surface area contributed by atoms with Crippen LogP contribution in [-0.2, 0) is 33.9 Å². The number of carboxylic acid groups (broad SMARTS) is 1. The molecule has 0 radical (unpaired) electrons. The number of aliphatic carboxylic acids is 1. The summed E-state index contributed by atoms with van der Waals surface area (Å²) in [6, 6.07) is 18.5. The van der Waals surface area contributed by atoms with Gasteiger partial charge >= 0.3 is 12.1 Å². The van der Waals surface area contributed by atoms with Gasteiger partial charge in [0.1, 0.15) is 5.75 Å². The Kier molecular flexibility index (Phi) is 11.6. The van der Waals surface area contributed by atoms with Crippen molar-refractivity contribution in [1.82, 2.24) is 9.80 Å². The lowest BCUT2D eigenvalue weighted by atomic mass is 9.98. The first-order chi connectivity index (χ1) is 24.3. The van der Waals surface area contributed by atoms with Crippen molar-refractivity contribution >= 4 is 41.0 Å². The van der Waals surface area contributed by atoms with E-state index in [1.54, 1.807) is 30.3 Å². The Morgan fingerprint density at radius 1 is 0.980 bits per heavy atom. The van der Waals surface area contributed by atoms with E-state index in [1.807, 2.05) is 40.1 Å². The predicted molar refractivity (Wildman–Crippen MR) is 180 cm³/mol. The van der Waals surface area contributed by atoms with E-state index in [2.05, 4.69) is 10.6 Å². The number of anilines is 2. The lowest BCUT2D eigenvalue weighted by Crippen LogP contribution is -2.35. The van der Waals surface area contributed by atoms with Crippen molar-refractivity contribution in [3.05, 3.63) is 88.5 Å². The Morgan fingerprint density at radius 2 is 1.69 bits per heavy atom. The summed E-state index contributed by atoms with van der Waals surface area (Å²) in [6.45, 7) is 2.22. The molecule has 2 aliphatic heterocycles. The van der Waals surface area contributed by atoms with Gasteiger partial charge in [-0.1, -0.05) is 18.2 Å². The molecule has 0 saturated heterocycles. The lowest BCUT2D eigenvalue weighted by Gasteiger charge is -2.29. The number of fused-ring (bicyclic) bond motifs is 2. The molecule has 12 nitrogen and oxygen atoms in total. The summed E-state index contributed by atoms with van der Waals surface area (Å²) in [7, 11) is 0. The second-order valence-corrected chi connectivity index (χ2v) is 12.5. The van der Waals surface area contributed by atoms with Crippen LogP contribution in [0.2, 0.25) is 0 Å². The van der Waals surface area contributed by atoms with E-state index in [-0.39, 0.29) is 36.3 Å². The lowest BCUT2D eigenvalue weighted by molar-refractivity contribution is -0.192. The fraction of sp³-hybridized carbons (Fsp3) is 0.361. The number of ether oxygens (including phenoxy) is 1. The Morgan fingerprint density at radius 3 is 2.35 bits per heavy atom. The smallest absolute Gasteiger partial charge is 0.482 e. The van der Waals surface area contributed by atoms with E-state index >= 15 is 0 Å². The minimum atomic E-state index is -5.08. The van der Waals surface area contributed by atoms with Gasteiger partial charge in [0.2, 0.25) is 5.91 Å². The van der Waals surface area contributed by atoms with Crippen LogP contribution in [0.25, 0.3) is 0 Å². The summed E-state index contributed by atoms with van der Waals surface area (Å²) in [5.41, 5.74) is 11.0. The van der Waals surface area contributed by atoms with Crippen molar-refractivity contribution in [2.24, 2.45) is 5.73 Å². The number of amides is 4. The molecular formula is C36H38F3N5O7. The molecule has 5 N–H and O–H groups in total. The third-order valence-electron chi connectivity index (χ3n) is 8.60. The highest BCUT2D eigenvalue weighted by Gasteiger charge is 2.38. The van der Waals surface area contributed by atoms with E-state index in [0.29, 0.717) is 55.2 Å². The Labute approximate surface area is 291 Å². The number of nitrogens with zero attached hydrogens (tertiary/aromatic N) is 2. The van der Waals surface area contributed by atoms with Gasteiger partial charge in [0.25, 0.3) is 17.7 Å². The molecule has 51 heavy (non-hydrogen) atoms. The zero-order valence-corrected chi connectivity index (χ0v) is 27.6. The Hall–Kier alpha value is -5.44. The fourth-order valence-electron chi connectivity index (χ4n) is 5.71. The molecule has 0 atom stereocenters. The van der Waals surface area contributed by atoms with E-state index in [9.17, 15) is 32.3 Å². The van der Waals surface area contributed by atoms with Crippen LogP contribution < -0.4 is 21.1 Å². The van der Waals surface area contributed by atoms with E-state index in [4.69, 9.17) is 20.4 Å². The molecule has 0 bridgehead atoms. The summed E-state index contributed by atoms with van der Waals surface area (Å²) >= 11 is 0. The molecular weight excluding hydrogens is 671 g/mol. The van der Waals surface area contributed by atoms with Crippen LogP contribution >= 0.6 is 0 Å². The SMILES string of the molecule is NCCCCC(=O)N1CCc2cc(NC(=O)c3ccc(CN(C(=O)c4ccc5c(c4)OCC(=O)N5)C4CC4)cc3)ccc2C1.O=C(O)C(F)(F)F. The molecule has 3 aromatic rings. The summed E-state index contributed by atoms with van der Waals surface area (Å²) in [4.78, 5) is 63.3. The highest BCUT2D eigenvalue weighted by atomic mass is 19.4. The molecule has 0 unspecified atom stereocenters. The van der Waals surface area contributed by atoms with E-state index < -0.39 is 12.1 Å². The number of carbonyl (C=O) groups excluding carboxylic acids is 4. The van der Waals surface area contributed by atoms with Crippen LogP contribution in [-0.4, -0.2) is 76.4 Å². The summed E-state index contributed by atoms with van der Waals surface area (Å²) in [6.07, 6.45) is -0.227.